The van der Waals surface area contributed by atoms with Gasteiger partial charge in [-0.3, -0.25) is 9.59 Å². The third-order valence-corrected chi connectivity index (χ3v) is 2.88. The highest BCUT2D eigenvalue weighted by molar-refractivity contribution is 5.98. The number of carboxylic acid groups (broad SMARTS) is 1. The molecule has 0 spiro atoms. The average molecular weight is 248 g/mol. The number of aliphatic carboxylic acids is 1. The Kier molecular flexibility index (Phi) is 5.08. The van der Waals surface area contributed by atoms with Gasteiger partial charge in [-0.1, -0.05) is 37.6 Å². The fourth-order valence-electron chi connectivity index (χ4n) is 2.00. The van der Waals surface area contributed by atoms with Crippen LogP contribution in [-0.2, 0) is 4.79 Å². The molecular formula is C15H20O3. The Labute approximate surface area is 108 Å². The van der Waals surface area contributed by atoms with Crippen LogP contribution < -0.4 is 0 Å². The third-order valence-electron chi connectivity index (χ3n) is 2.88. The van der Waals surface area contributed by atoms with Gasteiger partial charge in [0.25, 0.3) is 0 Å². The maximum atomic E-state index is 12.0. The molecule has 0 heterocycles. The van der Waals surface area contributed by atoms with Crippen molar-refractivity contribution in [2.75, 3.05) is 0 Å². The van der Waals surface area contributed by atoms with Crippen molar-refractivity contribution in [1.82, 2.24) is 0 Å². The summed E-state index contributed by atoms with van der Waals surface area (Å²) in [4.78, 5) is 23.1. The van der Waals surface area contributed by atoms with Crippen LogP contribution in [0.5, 0.6) is 0 Å². The van der Waals surface area contributed by atoms with Crippen molar-refractivity contribution in [2.24, 2.45) is 11.8 Å². The van der Waals surface area contributed by atoms with Crippen LogP contribution in [0.25, 0.3) is 0 Å². The summed E-state index contributed by atoms with van der Waals surface area (Å²) in [7, 11) is 0. The van der Waals surface area contributed by atoms with Crippen LogP contribution >= 0.6 is 0 Å². The number of ketones is 1. The van der Waals surface area contributed by atoms with E-state index >= 15 is 0 Å². The molecule has 3 heteroatoms. The molecule has 1 N–H and O–H groups in total. The van der Waals surface area contributed by atoms with E-state index in [0.29, 0.717) is 12.0 Å². The van der Waals surface area contributed by atoms with Gasteiger partial charge in [0.05, 0.1) is 5.92 Å². The number of aryl methyl sites for hydroxylation is 1. The lowest BCUT2D eigenvalue weighted by Gasteiger charge is -2.13. The van der Waals surface area contributed by atoms with Crippen LogP contribution in [0, 0.1) is 18.8 Å². The van der Waals surface area contributed by atoms with Gasteiger partial charge >= 0.3 is 5.97 Å². The van der Waals surface area contributed by atoms with Gasteiger partial charge in [0, 0.05) is 12.0 Å². The lowest BCUT2D eigenvalue weighted by Crippen LogP contribution is -2.20. The third kappa shape index (κ3) is 4.32. The molecule has 0 saturated carbocycles. The monoisotopic (exact) mass is 248 g/mol. The van der Waals surface area contributed by atoms with E-state index < -0.39 is 11.9 Å². The van der Waals surface area contributed by atoms with Gasteiger partial charge in [-0.05, 0) is 25.3 Å². The van der Waals surface area contributed by atoms with E-state index in [9.17, 15) is 9.59 Å². The van der Waals surface area contributed by atoms with E-state index in [1.165, 1.54) is 0 Å². The average Bonchev–Trinajstić information content (AvgIpc) is 2.27. The zero-order valence-corrected chi connectivity index (χ0v) is 11.1. The molecule has 98 valence electrons. The molecule has 0 aliphatic carbocycles. The second kappa shape index (κ2) is 6.34. The minimum Gasteiger partial charge on any atom is -0.481 e. The van der Waals surface area contributed by atoms with Crippen LogP contribution in [0.3, 0.4) is 0 Å². The normalized spacial score (nSPS) is 12.4. The zero-order valence-electron chi connectivity index (χ0n) is 11.1. The Morgan fingerprint density at radius 1 is 1.28 bits per heavy atom. The molecule has 0 bridgehead atoms. The summed E-state index contributed by atoms with van der Waals surface area (Å²) in [5.74, 6) is -1.29. The van der Waals surface area contributed by atoms with Gasteiger partial charge in [-0.2, -0.15) is 0 Å². The SMILES string of the molecule is Cc1cccc(C(=O)CC(CC(C)C)C(=O)O)c1. The second-order valence-electron chi connectivity index (χ2n) is 5.16. The van der Waals surface area contributed by atoms with Crippen molar-refractivity contribution in [2.45, 2.75) is 33.6 Å². The molecule has 1 rings (SSSR count). The van der Waals surface area contributed by atoms with Crippen LogP contribution in [0.15, 0.2) is 24.3 Å². The van der Waals surface area contributed by atoms with E-state index in [4.69, 9.17) is 5.11 Å². The van der Waals surface area contributed by atoms with Gasteiger partial charge in [0.15, 0.2) is 5.78 Å². The van der Waals surface area contributed by atoms with E-state index in [1.807, 2.05) is 32.9 Å². The summed E-state index contributed by atoms with van der Waals surface area (Å²) < 4.78 is 0. The molecule has 0 aliphatic heterocycles. The Morgan fingerprint density at radius 3 is 2.44 bits per heavy atom. The first kappa shape index (κ1) is 14.4. The molecule has 1 aromatic rings. The van der Waals surface area contributed by atoms with Crippen molar-refractivity contribution in [1.29, 1.82) is 0 Å². The second-order valence-corrected chi connectivity index (χ2v) is 5.16. The minimum atomic E-state index is -0.885. The van der Waals surface area contributed by atoms with Crippen LogP contribution in [0.1, 0.15) is 42.6 Å². The number of hydrogen-bond acceptors (Lipinski definition) is 2. The van der Waals surface area contributed by atoms with Crippen molar-refractivity contribution in [3.63, 3.8) is 0 Å². The number of rotatable bonds is 6. The first-order chi connectivity index (χ1) is 8.40. The molecule has 0 fully saturated rings. The number of carbonyl (C=O) groups is 2. The first-order valence-electron chi connectivity index (χ1n) is 6.22. The summed E-state index contributed by atoms with van der Waals surface area (Å²) in [6, 6.07) is 7.28. The van der Waals surface area contributed by atoms with E-state index in [2.05, 4.69) is 0 Å². The molecule has 0 saturated heterocycles. The predicted molar refractivity (Wildman–Crippen MR) is 70.7 cm³/mol. The fourth-order valence-corrected chi connectivity index (χ4v) is 2.00. The topological polar surface area (TPSA) is 54.4 Å². The molecule has 1 unspecified atom stereocenters. The molecule has 0 radical (unpaired) electrons. The summed E-state index contributed by atoms with van der Waals surface area (Å²) in [5, 5.41) is 9.12. The van der Waals surface area contributed by atoms with Gasteiger partial charge < -0.3 is 5.11 Å². The van der Waals surface area contributed by atoms with Crippen LogP contribution in [-0.4, -0.2) is 16.9 Å². The number of carboxylic acids is 1. The Bertz CT molecular complexity index is 435. The number of benzene rings is 1. The van der Waals surface area contributed by atoms with Gasteiger partial charge in [-0.15, -0.1) is 0 Å². The van der Waals surface area contributed by atoms with Crippen molar-refractivity contribution in [3.05, 3.63) is 35.4 Å². The Balaban J connectivity index is 2.75. The number of Topliss-reactive ketones (excluding diaryl/α,β-unsaturated/α-hetero) is 1. The predicted octanol–water partition coefficient (Wildman–Crippen LogP) is 3.31. The summed E-state index contributed by atoms with van der Waals surface area (Å²) in [6.07, 6.45) is 0.615. The highest BCUT2D eigenvalue weighted by atomic mass is 16.4. The van der Waals surface area contributed by atoms with Crippen LogP contribution in [0.2, 0.25) is 0 Å². The molecule has 18 heavy (non-hydrogen) atoms. The Morgan fingerprint density at radius 2 is 1.94 bits per heavy atom. The van der Waals surface area contributed by atoms with Gasteiger partial charge in [0.2, 0.25) is 0 Å². The molecule has 3 nitrogen and oxygen atoms in total. The van der Waals surface area contributed by atoms with E-state index in [0.717, 1.165) is 5.56 Å². The molecular weight excluding hydrogens is 228 g/mol. The molecule has 1 atom stereocenters. The summed E-state index contributed by atoms with van der Waals surface area (Å²) in [5.41, 5.74) is 1.61. The Hall–Kier alpha value is -1.64. The summed E-state index contributed by atoms with van der Waals surface area (Å²) in [6.45, 7) is 5.85. The maximum absolute atomic E-state index is 12.0. The quantitative estimate of drug-likeness (QED) is 0.786. The lowest BCUT2D eigenvalue weighted by molar-refractivity contribution is -0.142. The van der Waals surface area contributed by atoms with Crippen LogP contribution in [0.4, 0.5) is 0 Å². The smallest absolute Gasteiger partial charge is 0.306 e. The van der Waals surface area contributed by atoms with Crippen molar-refractivity contribution >= 4 is 11.8 Å². The van der Waals surface area contributed by atoms with E-state index in [1.54, 1.807) is 12.1 Å². The molecule has 1 aromatic carbocycles. The molecule has 0 amide bonds. The highest BCUT2D eigenvalue weighted by Crippen LogP contribution is 2.19. The molecule has 0 aromatic heterocycles. The van der Waals surface area contributed by atoms with Gasteiger partial charge in [-0.25, -0.2) is 0 Å². The molecule has 0 aliphatic rings. The van der Waals surface area contributed by atoms with Gasteiger partial charge in [0.1, 0.15) is 0 Å². The van der Waals surface area contributed by atoms with E-state index in [-0.39, 0.29) is 18.1 Å². The summed E-state index contributed by atoms with van der Waals surface area (Å²) >= 11 is 0. The highest BCUT2D eigenvalue weighted by Gasteiger charge is 2.22. The number of carbonyl (C=O) groups excluding carboxylic acids is 1. The zero-order chi connectivity index (χ0) is 13.7. The lowest BCUT2D eigenvalue weighted by atomic mass is 9.90. The van der Waals surface area contributed by atoms with Crippen molar-refractivity contribution in [3.8, 4) is 0 Å². The number of hydrogen-bond donors (Lipinski definition) is 1. The first-order valence-corrected chi connectivity index (χ1v) is 6.22. The largest absolute Gasteiger partial charge is 0.481 e. The maximum Gasteiger partial charge on any atom is 0.306 e. The standard InChI is InChI=1S/C15H20O3/c1-10(2)7-13(15(17)18)9-14(16)12-6-4-5-11(3)8-12/h4-6,8,10,13H,7,9H2,1-3H3,(H,17,18). The fraction of sp³-hybridized carbons (Fsp3) is 0.467. The minimum absolute atomic E-state index is 0.0803. The van der Waals surface area contributed by atoms with Crippen molar-refractivity contribution < 1.29 is 14.7 Å².